The topological polar surface area (TPSA) is 72.6 Å². The Morgan fingerprint density at radius 3 is 2.48 bits per heavy atom. The van der Waals surface area contributed by atoms with Crippen molar-refractivity contribution in [1.29, 1.82) is 0 Å². The number of aryl methyl sites for hydroxylation is 2. The van der Waals surface area contributed by atoms with Crippen LogP contribution in [0.4, 0.5) is 5.69 Å². The van der Waals surface area contributed by atoms with Crippen LogP contribution < -0.4 is 4.74 Å². The standard InChI is InChI=1S/C16H17NO4/c1-11-6-8-13(9-7-11)14(18)10-21-15-5-3-4-12(2)16(15)17(19)20/h3-9,14,18H,10H2,1-2H3. The lowest BCUT2D eigenvalue weighted by Crippen LogP contribution is -2.10. The number of nitro benzene ring substituents is 1. The lowest BCUT2D eigenvalue weighted by Gasteiger charge is -2.13. The Kier molecular flexibility index (Phi) is 4.55. The van der Waals surface area contributed by atoms with Crippen LogP contribution >= 0.6 is 0 Å². The third-order valence-corrected chi connectivity index (χ3v) is 3.24. The van der Waals surface area contributed by atoms with Crippen LogP contribution in [0.5, 0.6) is 5.75 Å². The minimum Gasteiger partial charge on any atom is -0.484 e. The molecule has 5 nitrogen and oxygen atoms in total. The van der Waals surface area contributed by atoms with Gasteiger partial charge in [0.05, 0.1) is 4.92 Å². The molecule has 21 heavy (non-hydrogen) atoms. The number of hydrogen-bond donors (Lipinski definition) is 1. The fourth-order valence-electron chi connectivity index (χ4n) is 2.04. The van der Waals surface area contributed by atoms with E-state index in [1.165, 1.54) is 6.07 Å². The van der Waals surface area contributed by atoms with E-state index in [4.69, 9.17) is 4.74 Å². The maximum atomic E-state index is 11.1. The Bertz CT molecular complexity index is 637. The first-order valence-electron chi connectivity index (χ1n) is 6.60. The van der Waals surface area contributed by atoms with Gasteiger partial charge in [0.25, 0.3) is 0 Å². The van der Waals surface area contributed by atoms with Crippen molar-refractivity contribution in [2.45, 2.75) is 20.0 Å². The Morgan fingerprint density at radius 2 is 1.86 bits per heavy atom. The number of hydrogen-bond acceptors (Lipinski definition) is 4. The number of aliphatic hydroxyl groups excluding tert-OH is 1. The summed E-state index contributed by atoms with van der Waals surface area (Å²) in [4.78, 5) is 10.6. The van der Waals surface area contributed by atoms with Crippen molar-refractivity contribution >= 4 is 5.69 Å². The molecule has 0 radical (unpaired) electrons. The van der Waals surface area contributed by atoms with Gasteiger partial charge < -0.3 is 9.84 Å². The quantitative estimate of drug-likeness (QED) is 0.676. The normalized spacial score (nSPS) is 12.0. The SMILES string of the molecule is Cc1ccc(C(O)COc2cccc(C)c2[N+](=O)[O-])cc1. The predicted octanol–water partition coefficient (Wildman–Crippen LogP) is 3.32. The molecule has 0 aromatic heterocycles. The van der Waals surface area contributed by atoms with E-state index in [2.05, 4.69) is 0 Å². The molecule has 0 fully saturated rings. The van der Waals surface area contributed by atoms with Crippen LogP contribution in [0.2, 0.25) is 0 Å². The molecule has 0 saturated carbocycles. The molecule has 0 aliphatic rings. The zero-order valence-corrected chi connectivity index (χ0v) is 11.9. The molecule has 0 aliphatic heterocycles. The summed E-state index contributed by atoms with van der Waals surface area (Å²) in [5, 5.41) is 21.1. The van der Waals surface area contributed by atoms with E-state index < -0.39 is 11.0 Å². The average molecular weight is 287 g/mol. The van der Waals surface area contributed by atoms with E-state index in [0.29, 0.717) is 5.56 Å². The highest BCUT2D eigenvalue weighted by Gasteiger charge is 2.19. The highest BCUT2D eigenvalue weighted by atomic mass is 16.6. The fourth-order valence-corrected chi connectivity index (χ4v) is 2.04. The molecule has 0 heterocycles. The van der Waals surface area contributed by atoms with Gasteiger partial charge in [-0.25, -0.2) is 0 Å². The lowest BCUT2D eigenvalue weighted by atomic mass is 10.1. The second kappa shape index (κ2) is 6.37. The number of nitro groups is 1. The van der Waals surface area contributed by atoms with Crippen molar-refractivity contribution in [2.24, 2.45) is 0 Å². The van der Waals surface area contributed by atoms with E-state index in [9.17, 15) is 15.2 Å². The van der Waals surface area contributed by atoms with Crippen LogP contribution in [0.3, 0.4) is 0 Å². The zero-order chi connectivity index (χ0) is 15.4. The first-order valence-corrected chi connectivity index (χ1v) is 6.60. The number of aliphatic hydroxyl groups is 1. The zero-order valence-electron chi connectivity index (χ0n) is 11.9. The smallest absolute Gasteiger partial charge is 0.313 e. The van der Waals surface area contributed by atoms with Gasteiger partial charge in [-0.2, -0.15) is 0 Å². The molecule has 1 unspecified atom stereocenters. The molecule has 1 N–H and O–H groups in total. The van der Waals surface area contributed by atoms with Gasteiger partial charge in [-0.1, -0.05) is 42.0 Å². The van der Waals surface area contributed by atoms with E-state index >= 15 is 0 Å². The summed E-state index contributed by atoms with van der Waals surface area (Å²) >= 11 is 0. The molecule has 110 valence electrons. The summed E-state index contributed by atoms with van der Waals surface area (Å²) in [5.74, 6) is 0.172. The van der Waals surface area contributed by atoms with Crippen molar-refractivity contribution in [2.75, 3.05) is 6.61 Å². The Labute approximate surface area is 123 Å². The maximum Gasteiger partial charge on any atom is 0.313 e. The summed E-state index contributed by atoms with van der Waals surface area (Å²) in [7, 11) is 0. The van der Waals surface area contributed by atoms with Gasteiger partial charge >= 0.3 is 5.69 Å². The van der Waals surface area contributed by atoms with E-state index in [-0.39, 0.29) is 18.0 Å². The minimum absolute atomic E-state index is 0.0344. The van der Waals surface area contributed by atoms with Gasteiger partial charge in [0.2, 0.25) is 0 Å². The molecule has 2 aromatic carbocycles. The Morgan fingerprint density at radius 1 is 1.19 bits per heavy atom. The van der Waals surface area contributed by atoms with Gasteiger partial charge in [0.15, 0.2) is 5.75 Å². The number of benzene rings is 2. The summed E-state index contributed by atoms with van der Waals surface area (Å²) in [6.07, 6.45) is -0.828. The van der Waals surface area contributed by atoms with E-state index in [1.807, 2.05) is 31.2 Å². The summed E-state index contributed by atoms with van der Waals surface area (Å²) in [6.45, 7) is 3.58. The van der Waals surface area contributed by atoms with Crippen LogP contribution in [0, 0.1) is 24.0 Å². The number of ether oxygens (including phenoxy) is 1. The second-order valence-corrected chi connectivity index (χ2v) is 4.92. The molecular formula is C16H17NO4. The first kappa shape index (κ1) is 15.0. The number of rotatable bonds is 5. The third kappa shape index (κ3) is 3.58. The number of nitrogens with zero attached hydrogens (tertiary/aromatic N) is 1. The highest BCUT2D eigenvalue weighted by molar-refractivity contribution is 5.52. The Balaban J connectivity index is 2.11. The summed E-state index contributed by atoms with van der Waals surface area (Å²) < 4.78 is 5.43. The summed E-state index contributed by atoms with van der Waals surface area (Å²) in [5.41, 5.74) is 2.29. The van der Waals surface area contributed by atoms with Crippen LogP contribution in [0.1, 0.15) is 22.8 Å². The lowest BCUT2D eigenvalue weighted by molar-refractivity contribution is -0.386. The number of para-hydroxylation sites is 1. The molecule has 1 atom stereocenters. The van der Waals surface area contributed by atoms with Gasteiger partial charge in [0, 0.05) is 5.56 Å². The molecule has 0 aliphatic carbocycles. The largest absolute Gasteiger partial charge is 0.484 e. The average Bonchev–Trinajstić information content (AvgIpc) is 2.45. The van der Waals surface area contributed by atoms with E-state index in [1.54, 1.807) is 19.1 Å². The van der Waals surface area contributed by atoms with Crippen LogP contribution in [0.15, 0.2) is 42.5 Å². The van der Waals surface area contributed by atoms with Gasteiger partial charge in [0.1, 0.15) is 12.7 Å². The monoisotopic (exact) mass is 287 g/mol. The molecular weight excluding hydrogens is 270 g/mol. The third-order valence-electron chi connectivity index (χ3n) is 3.24. The predicted molar refractivity (Wildman–Crippen MR) is 79.5 cm³/mol. The maximum absolute atomic E-state index is 11.1. The van der Waals surface area contributed by atoms with Crippen LogP contribution in [-0.4, -0.2) is 16.6 Å². The molecule has 2 aromatic rings. The second-order valence-electron chi connectivity index (χ2n) is 4.92. The van der Waals surface area contributed by atoms with Crippen molar-refractivity contribution in [3.8, 4) is 5.75 Å². The molecule has 2 rings (SSSR count). The van der Waals surface area contributed by atoms with Crippen molar-refractivity contribution in [3.63, 3.8) is 0 Å². The van der Waals surface area contributed by atoms with E-state index in [0.717, 1.165) is 11.1 Å². The molecule has 0 spiro atoms. The van der Waals surface area contributed by atoms with Crippen molar-refractivity contribution < 1.29 is 14.8 Å². The van der Waals surface area contributed by atoms with Gasteiger partial charge in [-0.3, -0.25) is 10.1 Å². The minimum atomic E-state index is -0.828. The van der Waals surface area contributed by atoms with Crippen LogP contribution in [-0.2, 0) is 0 Å². The summed E-state index contributed by atoms with van der Waals surface area (Å²) in [6, 6.07) is 12.3. The van der Waals surface area contributed by atoms with Crippen molar-refractivity contribution in [3.05, 3.63) is 69.3 Å². The van der Waals surface area contributed by atoms with Crippen molar-refractivity contribution in [1.82, 2.24) is 0 Å². The first-order chi connectivity index (χ1) is 9.99. The molecule has 5 heteroatoms. The Hall–Kier alpha value is -2.40. The highest BCUT2D eigenvalue weighted by Crippen LogP contribution is 2.30. The molecule has 0 saturated heterocycles. The van der Waals surface area contributed by atoms with Gasteiger partial charge in [-0.05, 0) is 25.5 Å². The molecule has 0 amide bonds. The van der Waals surface area contributed by atoms with Gasteiger partial charge in [-0.15, -0.1) is 0 Å². The molecule has 0 bridgehead atoms. The van der Waals surface area contributed by atoms with Crippen LogP contribution in [0.25, 0.3) is 0 Å². The fraction of sp³-hybridized carbons (Fsp3) is 0.250.